The molecule has 3 nitrogen and oxygen atoms in total. The number of ether oxygens (including phenoxy) is 1. The molecule has 0 atom stereocenters. The Morgan fingerprint density at radius 1 is 1.44 bits per heavy atom. The highest BCUT2D eigenvalue weighted by Crippen LogP contribution is 2.32. The van der Waals surface area contributed by atoms with Crippen LogP contribution in [0.25, 0.3) is 0 Å². The predicted molar refractivity (Wildman–Crippen MR) is 75.5 cm³/mol. The number of hydrogen-bond donors (Lipinski definition) is 1. The molecule has 2 rings (SSSR count). The standard InChI is InChI=1S/C14H21ClN2O/c1-3-17(2)6-5-16-10-12-9-13(15)8-11-4-7-18-14(11)12/h8-9,16H,3-7,10H2,1-2H3. The van der Waals surface area contributed by atoms with Crippen molar-refractivity contribution >= 4 is 11.6 Å². The summed E-state index contributed by atoms with van der Waals surface area (Å²) in [5.41, 5.74) is 2.42. The van der Waals surface area contributed by atoms with Gasteiger partial charge >= 0.3 is 0 Å². The lowest BCUT2D eigenvalue weighted by Crippen LogP contribution is -2.28. The molecule has 0 aliphatic carbocycles. The molecule has 1 N–H and O–H groups in total. The van der Waals surface area contributed by atoms with Crippen LogP contribution in [0.2, 0.25) is 5.02 Å². The Kier molecular flexibility index (Phi) is 4.87. The summed E-state index contributed by atoms with van der Waals surface area (Å²) in [7, 11) is 2.13. The molecule has 1 aromatic rings. The molecule has 100 valence electrons. The van der Waals surface area contributed by atoms with Crippen LogP contribution in [0, 0.1) is 0 Å². The minimum Gasteiger partial charge on any atom is -0.493 e. The molecule has 18 heavy (non-hydrogen) atoms. The average Bonchev–Trinajstić information content (AvgIpc) is 2.81. The Hall–Kier alpha value is -0.770. The van der Waals surface area contributed by atoms with Crippen LogP contribution in [0.5, 0.6) is 5.75 Å². The zero-order valence-corrected chi connectivity index (χ0v) is 11.9. The van der Waals surface area contributed by atoms with Crippen molar-refractivity contribution in [3.05, 3.63) is 28.3 Å². The fraction of sp³-hybridized carbons (Fsp3) is 0.571. The Bertz CT molecular complexity index is 409. The molecule has 0 radical (unpaired) electrons. The molecule has 0 fully saturated rings. The van der Waals surface area contributed by atoms with Gasteiger partial charge in [0, 0.05) is 36.6 Å². The van der Waals surface area contributed by atoms with Gasteiger partial charge in [-0.15, -0.1) is 0 Å². The molecule has 1 heterocycles. The first-order valence-electron chi connectivity index (χ1n) is 6.54. The van der Waals surface area contributed by atoms with E-state index in [1.807, 2.05) is 12.1 Å². The average molecular weight is 269 g/mol. The normalized spacial score (nSPS) is 13.8. The van der Waals surface area contributed by atoms with Gasteiger partial charge in [-0.1, -0.05) is 18.5 Å². The Morgan fingerprint density at radius 3 is 3.06 bits per heavy atom. The number of benzene rings is 1. The van der Waals surface area contributed by atoms with E-state index in [2.05, 4.69) is 24.2 Å². The molecule has 4 heteroatoms. The van der Waals surface area contributed by atoms with Gasteiger partial charge in [0.1, 0.15) is 5.75 Å². The van der Waals surface area contributed by atoms with Crippen LogP contribution in [0.4, 0.5) is 0 Å². The van der Waals surface area contributed by atoms with Crippen molar-refractivity contribution in [1.82, 2.24) is 10.2 Å². The molecule has 0 saturated carbocycles. The second kappa shape index (κ2) is 6.41. The molecular formula is C14H21ClN2O. The third-order valence-electron chi connectivity index (χ3n) is 3.35. The lowest BCUT2D eigenvalue weighted by Gasteiger charge is -2.15. The van der Waals surface area contributed by atoms with Gasteiger partial charge in [0.05, 0.1) is 6.61 Å². The minimum atomic E-state index is 0.779. The van der Waals surface area contributed by atoms with Crippen molar-refractivity contribution in [2.24, 2.45) is 0 Å². The number of nitrogens with zero attached hydrogens (tertiary/aromatic N) is 1. The van der Waals surface area contributed by atoms with Crippen molar-refractivity contribution in [1.29, 1.82) is 0 Å². The van der Waals surface area contributed by atoms with E-state index in [0.29, 0.717) is 0 Å². The number of likely N-dealkylation sites (N-methyl/N-ethyl adjacent to an activating group) is 1. The van der Waals surface area contributed by atoms with Crippen molar-refractivity contribution in [3.8, 4) is 5.75 Å². The first-order valence-corrected chi connectivity index (χ1v) is 6.92. The predicted octanol–water partition coefficient (Wildman–Crippen LogP) is 2.32. The lowest BCUT2D eigenvalue weighted by molar-refractivity contribution is 0.343. The maximum absolute atomic E-state index is 6.12. The molecule has 1 aliphatic heterocycles. The summed E-state index contributed by atoms with van der Waals surface area (Å²) in [6.07, 6.45) is 0.974. The van der Waals surface area contributed by atoms with E-state index in [0.717, 1.165) is 50.0 Å². The summed E-state index contributed by atoms with van der Waals surface area (Å²) < 4.78 is 5.67. The van der Waals surface area contributed by atoms with Gasteiger partial charge in [0.25, 0.3) is 0 Å². The molecule has 1 aliphatic rings. The fourth-order valence-corrected chi connectivity index (χ4v) is 2.39. The quantitative estimate of drug-likeness (QED) is 0.802. The van der Waals surface area contributed by atoms with Gasteiger partial charge in [0.2, 0.25) is 0 Å². The van der Waals surface area contributed by atoms with Gasteiger partial charge in [-0.25, -0.2) is 0 Å². The van der Waals surface area contributed by atoms with E-state index in [1.165, 1.54) is 11.1 Å². The molecule has 0 aromatic heterocycles. The van der Waals surface area contributed by atoms with Crippen LogP contribution >= 0.6 is 11.6 Å². The molecule has 0 spiro atoms. The first kappa shape index (κ1) is 13.7. The van der Waals surface area contributed by atoms with Gasteiger partial charge in [0.15, 0.2) is 0 Å². The SMILES string of the molecule is CCN(C)CCNCc1cc(Cl)cc2c1OCC2. The molecule has 0 saturated heterocycles. The monoisotopic (exact) mass is 268 g/mol. The highest BCUT2D eigenvalue weighted by atomic mass is 35.5. The Balaban J connectivity index is 1.90. The van der Waals surface area contributed by atoms with Gasteiger partial charge in [-0.05, 0) is 31.3 Å². The highest BCUT2D eigenvalue weighted by molar-refractivity contribution is 6.30. The second-order valence-corrected chi connectivity index (χ2v) is 5.16. The lowest BCUT2D eigenvalue weighted by atomic mass is 10.1. The zero-order valence-electron chi connectivity index (χ0n) is 11.1. The number of halogens is 1. The number of nitrogens with one attached hydrogen (secondary N) is 1. The smallest absolute Gasteiger partial charge is 0.127 e. The summed E-state index contributed by atoms with van der Waals surface area (Å²) in [5.74, 6) is 1.04. The van der Waals surface area contributed by atoms with Gasteiger partial charge < -0.3 is 15.0 Å². The topological polar surface area (TPSA) is 24.5 Å². The number of hydrogen-bond acceptors (Lipinski definition) is 3. The van der Waals surface area contributed by atoms with Gasteiger partial charge in [-0.3, -0.25) is 0 Å². The van der Waals surface area contributed by atoms with Crippen molar-refractivity contribution in [2.45, 2.75) is 19.9 Å². The molecule has 0 bridgehead atoms. The highest BCUT2D eigenvalue weighted by Gasteiger charge is 2.17. The fourth-order valence-electron chi connectivity index (χ4n) is 2.13. The van der Waals surface area contributed by atoms with Crippen LogP contribution in [0.15, 0.2) is 12.1 Å². The van der Waals surface area contributed by atoms with Crippen LogP contribution in [-0.4, -0.2) is 38.2 Å². The van der Waals surface area contributed by atoms with Crippen LogP contribution in [0.3, 0.4) is 0 Å². The van der Waals surface area contributed by atoms with E-state index in [4.69, 9.17) is 16.3 Å². The second-order valence-electron chi connectivity index (χ2n) is 4.72. The van der Waals surface area contributed by atoms with E-state index in [1.54, 1.807) is 0 Å². The van der Waals surface area contributed by atoms with Crippen LogP contribution < -0.4 is 10.1 Å². The Morgan fingerprint density at radius 2 is 2.28 bits per heavy atom. The van der Waals surface area contributed by atoms with E-state index in [-0.39, 0.29) is 0 Å². The molecule has 0 amide bonds. The maximum atomic E-state index is 6.12. The third-order valence-corrected chi connectivity index (χ3v) is 3.57. The van der Waals surface area contributed by atoms with Crippen LogP contribution in [0.1, 0.15) is 18.1 Å². The summed E-state index contributed by atoms with van der Waals surface area (Å²) in [5, 5.41) is 4.25. The van der Waals surface area contributed by atoms with E-state index < -0.39 is 0 Å². The minimum absolute atomic E-state index is 0.779. The number of fused-ring (bicyclic) bond motifs is 1. The first-order chi connectivity index (χ1) is 8.70. The molecular weight excluding hydrogens is 248 g/mol. The third kappa shape index (κ3) is 3.37. The molecule has 0 unspecified atom stereocenters. The summed E-state index contributed by atoms with van der Waals surface area (Å²) in [6, 6.07) is 4.01. The molecule has 1 aromatic carbocycles. The zero-order chi connectivity index (χ0) is 13.0. The maximum Gasteiger partial charge on any atom is 0.127 e. The van der Waals surface area contributed by atoms with E-state index in [9.17, 15) is 0 Å². The number of rotatable bonds is 6. The summed E-state index contributed by atoms with van der Waals surface area (Å²) in [4.78, 5) is 2.28. The van der Waals surface area contributed by atoms with Crippen LogP contribution in [-0.2, 0) is 13.0 Å². The largest absolute Gasteiger partial charge is 0.493 e. The van der Waals surface area contributed by atoms with Gasteiger partial charge in [-0.2, -0.15) is 0 Å². The van der Waals surface area contributed by atoms with Crippen molar-refractivity contribution in [2.75, 3.05) is 33.3 Å². The van der Waals surface area contributed by atoms with Crippen molar-refractivity contribution in [3.63, 3.8) is 0 Å². The Labute approximate surface area is 114 Å². The van der Waals surface area contributed by atoms with E-state index >= 15 is 0 Å². The summed E-state index contributed by atoms with van der Waals surface area (Å²) in [6.45, 7) is 6.88. The van der Waals surface area contributed by atoms with Crippen molar-refractivity contribution < 1.29 is 4.74 Å². The summed E-state index contributed by atoms with van der Waals surface area (Å²) >= 11 is 6.12.